The summed E-state index contributed by atoms with van der Waals surface area (Å²) in [6.45, 7) is 3.27. The predicted octanol–water partition coefficient (Wildman–Crippen LogP) is 3.52. The highest BCUT2D eigenvalue weighted by atomic mass is 16.3. The average Bonchev–Trinajstić information content (AvgIpc) is 3.40. The number of rotatable bonds is 6. The van der Waals surface area contributed by atoms with Crippen molar-refractivity contribution in [1.29, 1.82) is 0 Å². The van der Waals surface area contributed by atoms with Crippen molar-refractivity contribution >= 4 is 35.0 Å². The molecule has 1 saturated heterocycles. The Bertz CT molecular complexity index is 1200. The highest BCUT2D eigenvalue weighted by molar-refractivity contribution is 6.23. The van der Waals surface area contributed by atoms with E-state index in [0.29, 0.717) is 22.7 Å². The monoisotopic (exact) mass is 445 g/mol. The molecule has 3 aromatic rings. The van der Waals surface area contributed by atoms with Crippen molar-refractivity contribution in [3.8, 4) is 0 Å². The second-order valence-corrected chi connectivity index (χ2v) is 7.84. The summed E-state index contributed by atoms with van der Waals surface area (Å²) in [5.74, 6) is -0.951. The van der Waals surface area contributed by atoms with E-state index in [1.807, 2.05) is 19.1 Å². The molecule has 0 saturated carbocycles. The normalized spacial score (nSPS) is 15.6. The predicted molar refractivity (Wildman–Crippen MR) is 121 cm³/mol. The molecule has 2 heterocycles. The first kappa shape index (κ1) is 22.0. The number of anilines is 2. The number of hydrogen-bond acceptors (Lipinski definition) is 5. The van der Waals surface area contributed by atoms with Crippen LogP contribution in [0.4, 0.5) is 11.4 Å². The molecule has 1 fully saturated rings. The molecular formula is C25H23N3O5. The zero-order valence-electron chi connectivity index (χ0n) is 18.3. The number of carbonyl (C=O) groups is 4. The van der Waals surface area contributed by atoms with Crippen LogP contribution in [0.25, 0.3) is 0 Å². The Morgan fingerprint density at radius 1 is 1.06 bits per heavy atom. The molecule has 1 unspecified atom stereocenters. The van der Waals surface area contributed by atoms with Crippen LogP contribution in [0.15, 0.2) is 71.3 Å². The molecule has 33 heavy (non-hydrogen) atoms. The van der Waals surface area contributed by atoms with Gasteiger partial charge in [-0.1, -0.05) is 18.2 Å². The Morgan fingerprint density at radius 2 is 1.79 bits per heavy atom. The summed E-state index contributed by atoms with van der Waals surface area (Å²) in [5.41, 5.74) is 2.16. The molecule has 8 nitrogen and oxygen atoms in total. The van der Waals surface area contributed by atoms with E-state index < -0.39 is 17.9 Å². The summed E-state index contributed by atoms with van der Waals surface area (Å²) in [6.07, 6.45) is 1.36. The van der Waals surface area contributed by atoms with Gasteiger partial charge in [0, 0.05) is 18.2 Å². The lowest BCUT2D eigenvalue weighted by molar-refractivity contribution is -0.122. The summed E-state index contributed by atoms with van der Waals surface area (Å²) in [5, 5.41) is 2.64. The lowest BCUT2D eigenvalue weighted by Crippen LogP contribution is -2.45. The number of benzene rings is 2. The van der Waals surface area contributed by atoms with Crippen molar-refractivity contribution in [2.24, 2.45) is 0 Å². The number of aryl methyl sites for hydroxylation is 1. The zero-order chi connectivity index (χ0) is 23.5. The van der Waals surface area contributed by atoms with E-state index in [1.165, 1.54) is 18.1 Å². The third kappa shape index (κ3) is 4.55. The van der Waals surface area contributed by atoms with E-state index in [1.54, 1.807) is 48.5 Å². The molecule has 168 valence electrons. The van der Waals surface area contributed by atoms with Gasteiger partial charge < -0.3 is 14.6 Å². The molecule has 8 heteroatoms. The molecule has 2 aromatic carbocycles. The van der Waals surface area contributed by atoms with Gasteiger partial charge >= 0.3 is 0 Å². The van der Waals surface area contributed by atoms with Gasteiger partial charge in [-0.3, -0.25) is 19.2 Å². The Morgan fingerprint density at radius 3 is 2.42 bits per heavy atom. The first-order chi connectivity index (χ1) is 15.8. The van der Waals surface area contributed by atoms with Crippen LogP contribution in [0.1, 0.15) is 35.0 Å². The van der Waals surface area contributed by atoms with Gasteiger partial charge in [0.05, 0.1) is 24.9 Å². The lowest BCUT2D eigenvalue weighted by atomic mass is 10.1. The largest absolute Gasteiger partial charge is 0.467 e. The van der Waals surface area contributed by atoms with Gasteiger partial charge in [0.15, 0.2) is 0 Å². The first-order valence-electron chi connectivity index (χ1n) is 10.5. The van der Waals surface area contributed by atoms with Crippen molar-refractivity contribution in [2.75, 3.05) is 10.2 Å². The van der Waals surface area contributed by atoms with Gasteiger partial charge in [0.1, 0.15) is 11.8 Å². The molecule has 0 spiro atoms. The Labute approximate surface area is 190 Å². The topological polar surface area (TPSA) is 99.9 Å². The fourth-order valence-corrected chi connectivity index (χ4v) is 3.89. The molecule has 1 aliphatic heterocycles. The van der Waals surface area contributed by atoms with E-state index in [9.17, 15) is 19.2 Å². The number of amides is 4. The summed E-state index contributed by atoms with van der Waals surface area (Å²) in [7, 11) is 0. The van der Waals surface area contributed by atoms with Crippen molar-refractivity contribution in [3.63, 3.8) is 0 Å². The molecular weight excluding hydrogens is 422 g/mol. The minimum atomic E-state index is -0.968. The van der Waals surface area contributed by atoms with Crippen LogP contribution in [0.5, 0.6) is 0 Å². The maximum atomic E-state index is 13.5. The first-order valence-corrected chi connectivity index (χ1v) is 10.5. The van der Waals surface area contributed by atoms with Gasteiger partial charge in [0.25, 0.3) is 11.8 Å². The summed E-state index contributed by atoms with van der Waals surface area (Å²) < 4.78 is 5.42. The van der Waals surface area contributed by atoms with Gasteiger partial charge in [-0.25, -0.2) is 4.90 Å². The molecule has 0 radical (unpaired) electrons. The van der Waals surface area contributed by atoms with E-state index in [-0.39, 0.29) is 24.8 Å². The Hall–Kier alpha value is -4.20. The third-order valence-electron chi connectivity index (χ3n) is 5.49. The number of hydrogen-bond donors (Lipinski definition) is 1. The SMILES string of the molecule is CC(=O)Nc1ccc(N2C(=O)CC(N(Cc3ccco3)C(=O)c3ccccc3C)C2=O)cc1. The number of furan rings is 1. The van der Waals surface area contributed by atoms with Crippen LogP contribution in [0.2, 0.25) is 0 Å². The van der Waals surface area contributed by atoms with Crippen molar-refractivity contribution < 1.29 is 23.6 Å². The fourth-order valence-electron chi connectivity index (χ4n) is 3.89. The third-order valence-corrected chi connectivity index (χ3v) is 5.49. The van der Waals surface area contributed by atoms with Crippen molar-refractivity contribution in [1.82, 2.24) is 4.90 Å². The van der Waals surface area contributed by atoms with Crippen molar-refractivity contribution in [3.05, 3.63) is 83.8 Å². The van der Waals surface area contributed by atoms with Gasteiger partial charge in [0.2, 0.25) is 11.8 Å². The summed E-state index contributed by atoms with van der Waals surface area (Å²) in [4.78, 5) is 53.4. The molecule has 4 amide bonds. The lowest BCUT2D eigenvalue weighted by Gasteiger charge is -2.27. The molecule has 0 aliphatic carbocycles. The number of nitrogens with one attached hydrogen (secondary N) is 1. The highest BCUT2D eigenvalue weighted by Gasteiger charge is 2.45. The van der Waals surface area contributed by atoms with Gasteiger partial charge in [-0.05, 0) is 55.0 Å². The van der Waals surface area contributed by atoms with E-state index in [4.69, 9.17) is 4.42 Å². The second-order valence-electron chi connectivity index (χ2n) is 7.84. The standard InChI is InChI=1S/C25H23N3O5/c1-16-6-3-4-8-21(16)24(31)27(15-20-7-5-13-33-20)22-14-23(30)28(25(22)32)19-11-9-18(10-12-19)26-17(2)29/h3-13,22H,14-15H2,1-2H3,(H,26,29). The average molecular weight is 445 g/mol. The van der Waals surface area contributed by atoms with Crippen LogP contribution in [-0.2, 0) is 20.9 Å². The second kappa shape index (κ2) is 9.12. The van der Waals surface area contributed by atoms with Gasteiger partial charge in [-0.2, -0.15) is 0 Å². The van der Waals surface area contributed by atoms with Crippen LogP contribution >= 0.6 is 0 Å². The van der Waals surface area contributed by atoms with Gasteiger partial charge in [-0.15, -0.1) is 0 Å². The van der Waals surface area contributed by atoms with Crippen molar-refractivity contribution in [2.45, 2.75) is 32.9 Å². The van der Waals surface area contributed by atoms with E-state index >= 15 is 0 Å². The van der Waals surface area contributed by atoms with Crippen LogP contribution in [0.3, 0.4) is 0 Å². The number of carbonyl (C=O) groups excluding carboxylic acids is 4. The maximum absolute atomic E-state index is 13.5. The summed E-state index contributed by atoms with van der Waals surface area (Å²) in [6, 6.07) is 16.0. The van der Waals surface area contributed by atoms with Crippen LogP contribution in [0, 0.1) is 6.92 Å². The molecule has 0 bridgehead atoms. The number of imide groups is 1. The Balaban J connectivity index is 1.64. The van der Waals surface area contributed by atoms with Crippen LogP contribution < -0.4 is 10.2 Å². The highest BCUT2D eigenvalue weighted by Crippen LogP contribution is 2.29. The maximum Gasteiger partial charge on any atom is 0.257 e. The molecule has 4 rings (SSSR count). The fraction of sp³-hybridized carbons (Fsp3) is 0.200. The van der Waals surface area contributed by atoms with Crippen LogP contribution in [-0.4, -0.2) is 34.6 Å². The molecule has 1 aliphatic rings. The molecule has 1 atom stereocenters. The Kier molecular flexibility index (Phi) is 6.08. The zero-order valence-corrected chi connectivity index (χ0v) is 18.3. The molecule has 1 aromatic heterocycles. The minimum absolute atomic E-state index is 0.0547. The molecule has 1 N–H and O–H groups in total. The summed E-state index contributed by atoms with van der Waals surface area (Å²) >= 11 is 0. The number of nitrogens with zero attached hydrogens (tertiary/aromatic N) is 2. The van der Waals surface area contributed by atoms with E-state index in [0.717, 1.165) is 10.5 Å². The minimum Gasteiger partial charge on any atom is -0.467 e. The van der Waals surface area contributed by atoms with E-state index in [2.05, 4.69) is 5.32 Å². The smallest absolute Gasteiger partial charge is 0.257 e. The quantitative estimate of drug-likeness (QED) is 0.585.